The van der Waals surface area contributed by atoms with Crippen molar-refractivity contribution in [3.63, 3.8) is 0 Å². The first-order valence-corrected chi connectivity index (χ1v) is 10.7. The van der Waals surface area contributed by atoms with E-state index in [4.69, 9.17) is 11.6 Å². The molecule has 1 saturated heterocycles. The average Bonchev–Trinajstić information content (AvgIpc) is 3.19. The van der Waals surface area contributed by atoms with Crippen molar-refractivity contribution in [3.8, 4) is 0 Å². The number of amides is 2. The van der Waals surface area contributed by atoms with Gasteiger partial charge in [0.05, 0.1) is 18.2 Å². The van der Waals surface area contributed by atoms with Crippen LogP contribution < -0.4 is 10.7 Å². The first kappa shape index (κ1) is 20.0. The Morgan fingerprint density at radius 1 is 1.23 bits per heavy atom. The molecule has 0 bridgehead atoms. The maximum Gasteiger partial charge on any atom is 0.269 e. The predicted molar refractivity (Wildman–Crippen MR) is 114 cm³/mol. The van der Waals surface area contributed by atoms with Crippen molar-refractivity contribution >= 4 is 23.4 Å². The Morgan fingerprint density at radius 3 is 2.81 bits per heavy atom. The molecular weight excluding hydrogens is 419 g/mol. The summed E-state index contributed by atoms with van der Waals surface area (Å²) >= 11 is 6.35. The molecule has 2 aromatic rings. The maximum absolute atomic E-state index is 13.9. The van der Waals surface area contributed by atoms with Gasteiger partial charge in [0.1, 0.15) is 12.0 Å². The molecule has 3 aliphatic heterocycles. The molecule has 2 atom stereocenters. The molecule has 5 rings (SSSR count). The minimum Gasteiger partial charge on any atom is -0.367 e. The minimum atomic E-state index is -0.409. The molecule has 0 aromatic heterocycles. The third kappa shape index (κ3) is 3.47. The number of nitrogens with zero attached hydrogens (tertiary/aromatic N) is 2. The van der Waals surface area contributed by atoms with Gasteiger partial charge in [-0.25, -0.2) is 9.82 Å². The van der Waals surface area contributed by atoms with Crippen LogP contribution in [0.15, 0.2) is 53.7 Å². The Morgan fingerprint density at radius 2 is 2.03 bits per heavy atom. The van der Waals surface area contributed by atoms with Crippen molar-refractivity contribution < 1.29 is 14.0 Å². The number of carbonyl (C=O) groups is 2. The molecular formula is C23H22ClFN4O2. The number of hydrogen-bond donors (Lipinski definition) is 2. The van der Waals surface area contributed by atoms with E-state index in [1.807, 2.05) is 24.3 Å². The van der Waals surface area contributed by atoms with Crippen molar-refractivity contribution in [1.82, 2.24) is 20.7 Å². The highest BCUT2D eigenvalue weighted by Gasteiger charge is 2.43. The Hall–Kier alpha value is -2.90. The molecule has 1 fully saturated rings. The van der Waals surface area contributed by atoms with Gasteiger partial charge in [-0.3, -0.25) is 14.6 Å². The monoisotopic (exact) mass is 440 g/mol. The van der Waals surface area contributed by atoms with E-state index in [1.165, 1.54) is 6.07 Å². The molecule has 0 aliphatic carbocycles. The first-order chi connectivity index (χ1) is 14.9. The van der Waals surface area contributed by atoms with E-state index in [-0.39, 0.29) is 30.6 Å². The fraction of sp³-hybridized carbons (Fsp3) is 0.304. The van der Waals surface area contributed by atoms with Gasteiger partial charge in [-0.15, -0.1) is 0 Å². The number of rotatable bonds is 2. The van der Waals surface area contributed by atoms with Gasteiger partial charge in [-0.2, -0.15) is 0 Å². The highest BCUT2D eigenvalue weighted by molar-refractivity contribution is 6.31. The number of fused-ring (bicyclic) bond motifs is 1. The molecule has 160 valence electrons. The third-order valence-electron chi connectivity index (χ3n) is 6.21. The smallest absolute Gasteiger partial charge is 0.269 e. The van der Waals surface area contributed by atoms with Crippen LogP contribution in [0, 0.1) is 12.7 Å². The summed E-state index contributed by atoms with van der Waals surface area (Å²) in [5.74, 6) is -0.822. The number of aryl methyl sites for hydroxylation is 1. The largest absolute Gasteiger partial charge is 0.367 e. The second-order valence-corrected chi connectivity index (χ2v) is 8.58. The zero-order valence-electron chi connectivity index (χ0n) is 17.0. The van der Waals surface area contributed by atoms with E-state index in [9.17, 15) is 14.0 Å². The van der Waals surface area contributed by atoms with Crippen molar-refractivity contribution in [2.75, 3.05) is 13.1 Å². The summed E-state index contributed by atoms with van der Waals surface area (Å²) in [6.45, 7) is 2.32. The quantitative estimate of drug-likeness (QED) is 0.752. The predicted octanol–water partition coefficient (Wildman–Crippen LogP) is 3.30. The number of hydrazine groups is 1. The van der Waals surface area contributed by atoms with Gasteiger partial charge in [-0.05, 0) is 36.2 Å². The van der Waals surface area contributed by atoms with Crippen molar-refractivity contribution in [3.05, 3.63) is 81.3 Å². The minimum absolute atomic E-state index is 0.0789. The molecule has 2 aromatic carbocycles. The van der Waals surface area contributed by atoms with Gasteiger partial charge in [0.15, 0.2) is 0 Å². The van der Waals surface area contributed by atoms with Crippen LogP contribution in [0.4, 0.5) is 4.39 Å². The van der Waals surface area contributed by atoms with Gasteiger partial charge in [0, 0.05) is 35.7 Å². The average molecular weight is 441 g/mol. The number of benzene rings is 2. The molecule has 6 nitrogen and oxygen atoms in total. The van der Waals surface area contributed by atoms with Gasteiger partial charge in [0.2, 0.25) is 0 Å². The number of halogens is 2. The molecule has 0 spiro atoms. The SMILES string of the molecule is Cc1ccc(C(=O)N2CCC3=C(C2)C(=O)N2NC(c4ccccc4Cl)CC2N3)cc1F. The van der Waals surface area contributed by atoms with Crippen LogP contribution in [0.3, 0.4) is 0 Å². The second-order valence-electron chi connectivity index (χ2n) is 8.17. The molecule has 2 amide bonds. The highest BCUT2D eigenvalue weighted by Crippen LogP contribution is 2.35. The molecule has 3 heterocycles. The van der Waals surface area contributed by atoms with E-state index in [2.05, 4.69) is 10.7 Å². The van der Waals surface area contributed by atoms with Gasteiger partial charge >= 0.3 is 0 Å². The van der Waals surface area contributed by atoms with Crippen LogP contribution in [0.1, 0.15) is 40.4 Å². The van der Waals surface area contributed by atoms with Crippen LogP contribution in [-0.4, -0.2) is 41.0 Å². The number of nitrogens with one attached hydrogen (secondary N) is 2. The topological polar surface area (TPSA) is 64.7 Å². The fourth-order valence-electron chi connectivity index (χ4n) is 4.46. The summed E-state index contributed by atoms with van der Waals surface area (Å²) in [4.78, 5) is 27.8. The standard InChI is InChI=1S/C23H22ClFN4O2/c1-13-6-7-14(10-18(13)25)22(30)28-9-8-19-16(12-28)23(31)29-21(26-19)11-20(27-29)15-4-2-3-5-17(15)24/h2-7,10,20-21,26-27H,8-9,11-12H2,1H3. The highest BCUT2D eigenvalue weighted by atomic mass is 35.5. The van der Waals surface area contributed by atoms with Gasteiger partial charge in [-0.1, -0.05) is 35.9 Å². The first-order valence-electron chi connectivity index (χ1n) is 10.3. The fourth-order valence-corrected chi connectivity index (χ4v) is 4.73. The zero-order chi connectivity index (χ0) is 21.7. The Labute approximate surface area is 184 Å². The summed E-state index contributed by atoms with van der Waals surface area (Å²) in [5.41, 5.74) is 6.45. The summed E-state index contributed by atoms with van der Waals surface area (Å²) < 4.78 is 13.9. The summed E-state index contributed by atoms with van der Waals surface area (Å²) in [6.07, 6.45) is 1.08. The number of hydrogen-bond acceptors (Lipinski definition) is 4. The summed E-state index contributed by atoms with van der Waals surface area (Å²) in [5, 5.41) is 5.73. The molecule has 0 saturated carbocycles. The Bertz CT molecular complexity index is 1120. The molecule has 3 aliphatic rings. The lowest BCUT2D eigenvalue weighted by atomic mass is 9.99. The van der Waals surface area contributed by atoms with E-state index in [0.717, 1.165) is 11.3 Å². The normalized spacial score (nSPS) is 22.9. The van der Waals surface area contributed by atoms with Crippen molar-refractivity contribution in [1.29, 1.82) is 0 Å². The molecule has 31 heavy (non-hydrogen) atoms. The lowest BCUT2D eigenvalue weighted by Gasteiger charge is -2.39. The lowest BCUT2D eigenvalue weighted by Crippen LogP contribution is -2.57. The van der Waals surface area contributed by atoms with Gasteiger partial charge in [0.25, 0.3) is 11.8 Å². The van der Waals surface area contributed by atoms with E-state index < -0.39 is 5.82 Å². The van der Waals surface area contributed by atoms with Crippen LogP contribution in [0.25, 0.3) is 0 Å². The van der Waals surface area contributed by atoms with Crippen LogP contribution >= 0.6 is 11.6 Å². The number of carbonyl (C=O) groups excluding carboxylic acids is 2. The maximum atomic E-state index is 13.9. The van der Waals surface area contributed by atoms with Crippen LogP contribution in [0.2, 0.25) is 5.02 Å². The Kier molecular flexibility index (Phi) is 4.95. The summed E-state index contributed by atoms with van der Waals surface area (Å²) in [6, 6.07) is 12.0. The zero-order valence-corrected chi connectivity index (χ0v) is 17.7. The lowest BCUT2D eigenvalue weighted by molar-refractivity contribution is -0.133. The van der Waals surface area contributed by atoms with Crippen LogP contribution in [0.5, 0.6) is 0 Å². The molecule has 8 heteroatoms. The van der Waals surface area contributed by atoms with E-state index >= 15 is 0 Å². The third-order valence-corrected chi connectivity index (χ3v) is 6.56. The molecule has 2 unspecified atom stereocenters. The van der Waals surface area contributed by atoms with Crippen LogP contribution in [-0.2, 0) is 4.79 Å². The Balaban J connectivity index is 1.34. The van der Waals surface area contributed by atoms with Gasteiger partial charge < -0.3 is 10.2 Å². The van der Waals surface area contributed by atoms with Crippen molar-refractivity contribution in [2.45, 2.75) is 32.0 Å². The molecule has 2 N–H and O–H groups in total. The van der Waals surface area contributed by atoms with E-state index in [0.29, 0.717) is 41.1 Å². The second kappa shape index (κ2) is 7.66. The van der Waals surface area contributed by atoms with E-state index in [1.54, 1.807) is 29.0 Å². The summed E-state index contributed by atoms with van der Waals surface area (Å²) in [7, 11) is 0. The molecule has 0 radical (unpaired) electrons. The van der Waals surface area contributed by atoms with Crippen molar-refractivity contribution in [2.24, 2.45) is 0 Å².